The molecule has 4 nitrogen and oxygen atoms in total. The molecular formula is C37H72O4. The van der Waals surface area contributed by atoms with E-state index in [9.17, 15) is 9.59 Å². The van der Waals surface area contributed by atoms with Crippen LogP contribution >= 0.6 is 0 Å². The molecule has 0 saturated heterocycles. The van der Waals surface area contributed by atoms with Crippen molar-refractivity contribution >= 4 is 11.9 Å². The maximum atomic E-state index is 12.3. The predicted molar refractivity (Wildman–Crippen MR) is 177 cm³/mol. The van der Waals surface area contributed by atoms with Crippen molar-refractivity contribution in [3.63, 3.8) is 0 Å². The van der Waals surface area contributed by atoms with Gasteiger partial charge in [0.25, 0.3) is 0 Å². The molecule has 0 rings (SSSR count). The zero-order chi connectivity index (χ0) is 30.1. The van der Waals surface area contributed by atoms with Gasteiger partial charge in [0, 0.05) is 12.8 Å². The number of carboxylic acids is 1. The molecule has 0 fully saturated rings. The van der Waals surface area contributed by atoms with E-state index >= 15 is 0 Å². The molecule has 0 amide bonds. The molecule has 0 aliphatic carbocycles. The molecule has 0 radical (unpaired) electrons. The van der Waals surface area contributed by atoms with E-state index in [2.05, 4.69) is 13.8 Å². The Labute approximate surface area is 256 Å². The van der Waals surface area contributed by atoms with Crippen LogP contribution in [0.4, 0.5) is 0 Å². The minimum atomic E-state index is -0.662. The van der Waals surface area contributed by atoms with Crippen molar-refractivity contribution in [2.45, 2.75) is 225 Å². The molecule has 4 heteroatoms. The van der Waals surface area contributed by atoms with E-state index in [4.69, 9.17) is 9.84 Å². The monoisotopic (exact) mass is 581 g/mol. The number of carbonyl (C=O) groups excluding carboxylic acids is 1. The fourth-order valence-electron chi connectivity index (χ4n) is 5.82. The highest BCUT2D eigenvalue weighted by Crippen LogP contribution is 2.17. The van der Waals surface area contributed by atoms with Crippen LogP contribution in [0.2, 0.25) is 0 Å². The summed E-state index contributed by atoms with van der Waals surface area (Å²) in [6.45, 7) is 4.42. The zero-order valence-corrected chi connectivity index (χ0v) is 27.9. The largest absolute Gasteiger partial charge is 0.481 e. The van der Waals surface area contributed by atoms with Gasteiger partial charge < -0.3 is 9.84 Å². The van der Waals surface area contributed by atoms with Gasteiger partial charge in [0.05, 0.1) is 0 Å². The van der Waals surface area contributed by atoms with Crippen LogP contribution in [0.1, 0.15) is 219 Å². The summed E-state index contributed by atoms with van der Waals surface area (Å²) in [5.41, 5.74) is 0. The van der Waals surface area contributed by atoms with Gasteiger partial charge in [-0.1, -0.05) is 174 Å². The molecular weight excluding hydrogens is 508 g/mol. The first kappa shape index (κ1) is 39.9. The second-order valence-electron chi connectivity index (χ2n) is 12.7. The molecule has 0 saturated carbocycles. The highest BCUT2D eigenvalue weighted by Gasteiger charge is 2.12. The fraction of sp³-hybridized carbons (Fsp3) is 0.946. The molecule has 0 spiro atoms. The Morgan fingerprint density at radius 3 is 1.12 bits per heavy atom. The molecule has 0 aromatic heterocycles. The van der Waals surface area contributed by atoms with Crippen molar-refractivity contribution < 1.29 is 19.4 Å². The number of carbonyl (C=O) groups is 2. The number of rotatable bonds is 34. The summed E-state index contributed by atoms with van der Waals surface area (Å²) in [6, 6.07) is 0. The lowest BCUT2D eigenvalue weighted by atomic mass is 10.0. The molecule has 0 aliphatic rings. The number of carboxylic acid groups (broad SMARTS) is 1. The number of ether oxygens (including phenoxy) is 1. The molecule has 0 aromatic carbocycles. The lowest BCUT2D eigenvalue weighted by Crippen LogP contribution is -2.17. The minimum absolute atomic E-state index is 0.0249. The average Bonchev–Trinajstić information content (AvgIpc) is 2.96. The van der Waals surface area contributed by atoms with Crippen LogP contribution in [-0.4, -0.2) is 23.1 Å². The van der Waals surface area contributed by atoms with Gasteiger partial charge in [-0.25, -0.2) is 0 Å². The van der Waals surface area contributed by atoms with E-state index in [1.54, 1.807) is 0 Å². The third kappa shape index (κ3) is 33.3. The van der Waals surface area contributed by atoms with Crippen LogP contribution in [0.15, 0.2) is 0 Å². The second kappa shape index (κ2) is 33.4. The van der Waals surface area contributed by atoms with Crippen molar-refractivity contribution in [2.75, 3.05) is 0 Å². The maximum Gasteiger partial charge on any atom is 0.306 e. The third-order valence-electron chi connectivity index (χ3n) is 8.65. The first-order valence-electron chi connectivity index (χ1n) is 18.5. The zero-order valence-electron chi connectivity index (χ0n) is 27.9. The van der Waals surface area contributed by atoms with Crippen LogP contribution in [0.3, 0.4) is 0 Å². The van der Waals surface area contributed by atoms with Gasteiger partial charge in [0.2, 0.25) is 0 Å². The normalized spacial score (nSPS) is 12.0. The molecule has 41 heavy (non-hydrogen) atoms. The van der Waals surface area contributed by atoms with Gasteiger partial charge in [0.15, 0.2) is 0 Å². The molecule has 0 aromatic rings. The minimum Gasteiger partial charge on any atom is -0.481 e. The van der Waals surface area contributed by atoms with Crippen LogP contribution in [0, 0.1) is 0 Å². The highest BCUT2D eigenvalue weighted by molar-refractivity contribution is 5.69. The van der Waals surface area contributed by atoms with Crippen LogP contribution in [0.5, 0.6) is 0 Å². The molecule has 1 unspecified atom stereocenters. The molecule has 0 aliphatic heterocycles. The SMILES string of the molecule is CCCCCCCCCCCCCCC(=O)OC(CC)CCCCCCCCCCCCCCCCCCC(=O)O. The van der Waals surface area contributed by atoms with E-state index in [-0.39, 0.29) is 12.1 Å². The number of hydrogen-bond acceptors (Lipinski definition) is 3. The van der Waals surface area contributed by atoms with Gasteiger partial charge in [-0.2, -0.15) is 0 Å². The Kier molecular flexibility index (Phi) is 32.6. The van der Waals surface area contributed by atoms with E-state index in [0.29, 0.717) is 12.8 Å². The molecule has 1 atom stereocenters. The van der Waals surface area contributed by atoms with Crippen molar-refractivity contribution in [3.05, 3.63) is 0 Å². The summed E-state index contributed by atoms with van der Waals surface area (Å²) in [4.78, 5) is 22.7. The smallest absolute Gasteiger partial charge is 0.306 e. The lowest BCUT2D eigenvalue weighted by molar-refractivity contribution is -0.149. The van der Waals surface area contributed by atoms with Crippen LogP contribution < -0.4 is 0 Å². The number of unbranched alkanes of at least 4 members (excludes halogenated alkanes) is 26. The molecule has 0 bridgehead atoms. The molecule has 244 valence electrons. The van der Waals surface area contributed by atoms with Crippen LogP contribution in [0.25, 0.3) is 0 Å². The summed E-state index contributed by atoms with van der Waals surface area (Å²) in [6.07, 6.45) is 39.2. The fourth-order valence-corrected chi connectivity index (χ4v) is 5.82. The Balaban J connectivity index is 3.38. The lowest BCUT2D eigenvalue weighted by Gasteiger charge is -2.16. The first-order valence-corrected chi connectivity index (χ1v) is 18.5. The van der Waals surface area contributed by atoms with Crippen molar-refractivity contribution in [3.8, 4) is 0 Å². The quantitative estimate of drug-likeness (QED) is 0.0607. The maximum absolute atomic E-state index is 12.3. The molecule has 1 N–H and O–H groups in total. The van der Waals surface area contributed by atoms with Gasteiger partial charge in [-0.05, 0) is 32.1 Å². The summed E-state index contributed by atoms with van der Waals surface area (Å²) >= 11 is 0. The Morgan fingerprint density at radius 2 is 0.780 bits per heavy atom. The Bertz CT molecular complexity index is 547. The third-order valence-corrected chi connectivity index (χ3v) is 8.65. The van der Waals surface area contributed by atoms with Gasteiger partial charge in [0.1, 0.15) is 6.10 Å². The summed E-state index contributed by atoms with van der Waals surface area (Å²) in [5.74, 6) is -0.637. The van der Waals surface area contributed by atoms with Crippen molar-refractivity contribution in [1.82, 2.24) is 0 Å². The average molecular weight is 581 g/mol. The molecule has 0 heterocycles. The van der Waals surface area contributed by atoms with Gasteiger partial charge >= 0.3 is 11.9 Å². The topological polar surface area (TPSA) is 63.6 Å². The predicted octanol–water partition coefficient (Wildman–Crippen LogP) is 12.5. The Hall–Kier alpha value is -1.06. The standard InChI is InChI=1S/C37H72O4/c1-3-5-6-7-8-9-10-19-22-25-28-31-34-37(40)41-35(4-2)32-29-26-23-20-17-15-13-11-12-14-16-18-21-24-27-30-33-36(38)39/h35H,3-34H2,1-2H3,(H,38,39). The van der Waals surface area contributed by atoms with Crippen molar-refractivity contribution in [1.29, 1.82) is 0 Å². The van der Waals surface area contributed by atoms with E-state index in [1.165, 1.54) is 161 Å². The summed E-state index contributed by atoms with van der Waals surface area (Å²) in [7, 11) is 0. The van der Waals surface area contributed by atoms with E-state index < -0.39 is 5.97 Å². The number of esters is 1. The number of aliphatic carboxylic acids is 1. The summed E-state index contributed by atoms with van der Waals surface area (Å²) < 4.78 is 5.78. The second-order valence-corrected chi connectivity index (χ2v) is 12.7. The van der Waals surface area contributed by atoms with Crippen molar-refractivity contribution in [2.24, 2.45) is 0 Å². The summed E-state index contributed by atoms with van der Waals surface area (Å²) in [5, 5.41) is 8.64. The van der Waals surface area contributed by atoms with Crippen LogP contribution in [-0.2, 0) is 14.3 Å². The van der Waals surface area contributed by atoms with E-state index in [0.717, 1.165) is 32.1 Å². The van der Waals surface area contributed by atoms with E-state index in [1.807, 2.05) is 0 Å². The highest BCUT2D eigenvalue weighted by atomic mass is 16.5. The van der Waals surface area contributed by atoms with Gasteiger partial charge in [-0.3, -0.25) is 9.59 Å². The van der Waals surface area contributed by atoms with Gasteiger partial charge in [-0.15, -0.1) is 0 Å². The first-order chi connectivity index (χ1) is 20.1. The Morgan fingerprint density at radius 1 is 0.463 bits per heavy atom. The number of hydrogen-bond donors (Lipinski definition) is 1.